The Balaban J connectivity index is 1.53. The molecule has 1 aliphatic carbocycles. The number of aliphatic hydroxyl groups is 1. The molecule has 1 fully saturated rings. The fraction of sp³-hybridized carbons (Fsp3) is 0.481. The van der Waals surface area contributed by atoms with Gasteiger partial charge in [-0.2, -0.15) is 0 Å². The number of halogens is 1. The van der Waals surface area contributed by atoms with Gasteiger partial charge in [0.2, 0.25) is 5.91 Å². The van der Waals surface area contributed by atoms with Gasteiger partial charge in [-0.3, -0.25) is 14.5 Å². The third-order valence-electron chi connectivity index (χ3n) is 6.94. The third kappa shape index (κ3) is 6.00. The molecule has 4 atom stereocenters. The number of carboxylic acids is 1. The topological polar surface area (TPSA) is 99.1 Å². The van der Waals surface area contributed by atoms with Crippen molar-refractivity contribution < 1.29 is 28.9 Å². The second-order valence-corrected chi connectivity index (χ2v) is 10.4. The van der Waals surface area contributed by atoms with Crippen molar-refractivity contribution in [3.63, 3.8) is 0 Å². The van der Waals surface area contributed by atoms with E-state index in [-0.39, 0.29) is 24.5 Å². The van der Waals surface area contributed by atoms with E-state index in [9.17, 15) is 19.1 Å². The molecule has 0 radical (unpaired) electrons. The summed E-state index contributed by atoms with van der Waals surface area (Å²) in [6, 6.07) is 13.4. The lowest BCUT2D eigenvalue weighted by atomic mass is 9.85. The minimum Gasteiger partial charge on any atom is -0.485 e. The molecule has 2 aromatic carbocycles. The van der Waals surface area contributed by atoms with Gasteiger partial charge in [0.15, 0.2) is 11.6 Å². The van der Waals surface area contributed by atoms with Crippen LogP contribution in [0.25, 0.3) is 0 Å². The molecule has 2 aliphatic rings. The van der Waals surface area contributed by atoms with E-state index in [2.05, 4.69) is 22.3 Å². The summed E-state index contributed by atoms with van der Waals surface area (Å²) >= 11 is 0. The van der Waals surface area contributed by atoms with Crippen LogP contribution < -0.4 is 10.1 Å². The maximum Gasteiger partial charge on any atom is 0.303 e. The fourth-order valence-electron chi connectivity index (χ4n) is 5.36. The van der Waals surface area contributed by atoms with Gasteiger partial charge >= 0.3 is 5.97 Å². The van der Waals surface area contributed by atoms with Crippen LogP contribution in [0.1, 0.15) is 44.2 Å². The van der Waals surface area contributed by atoms with E-state index in [4.69, 9.17) is 9.84 Å². The highest BCUT2D eigenvalue weighted by Gasteiger charge is 2.48. The Hall–Kier alpha value is -2.97. The molecule has 188 valence electrons. The number of amides is 1. The number of hydrogen-bond acceptors (Lipinski definition) is 5. The Bertz CT molecular complexity index is 1080. The predicted octanol–water partition coefficient (Wildman–Crippen LogP) is 3.14. The molecule has 2 aromatic rings. The number of carboxylic acid groups (broad SMARTS) is 1. The van der Waals surface area contributed by atoms with E-state index in [1.165, 1.54) is 23.3 Å². The van der Waals surface area contributed by atoms with Crippen molar-refractivity contribution in [1.29, 1.82) is 0 Å². The summed E-state index contributed by atoms with van der Waals surface area (Å²) in [4.78, 5) is 26.3. The smallest absolute Gasteiger partial charge is 0.303 e. The SMILES string of the molecule is CC(C)(CC(=O)O)CC(=O)N[C@@H]1C[C@@H](Oc2ccccc2F)[C@H](O)[C@H]1N1CCc2ccccc2C1. The maximum atomic E-state index is 14.2. The van der Waals surface area contributed by atoms with E-state index in [0.29, 0.717) is 19.5 Å². The van der Waals surface area contributed by atoms with Gasteiger partial charge in [0, 0.05) is 25.9 Å². The minimum absolute atomic E-state index is 0.0420. The molecule has 1 saturated carbocycles. The van der Waals surface area contributed by atoms with Crippen molar-refractivity contribution in [3.05, 3.63) is 65.5 Å². The van der Waals surface area contributed by atoms with E-state index in [1.54, 1.807) is 26.0 Å². The van der Waals surface area contributed by atoms with Crippen LogP contribution in [0.4, 0.5) is 4.39 Å². The van der Waals surface area contributed by atoms with Gasteiger partial charge in [0.25, 0.3) is 0 Å². The molecule has 0 unspecified atom stereocenters. The van der Waals surface area contributed by atoms with Crippen LogP contribution in [0.5, 0.6) is 5.75 Å². The lowest BCUT2D eigenvalue weighted by molar-refractivity contribution is -0.139. The van der Waals surface area contributed by atoms with Gasteiger partial charge in [0.1, 0.15) is 12.2 Å². The van der Waals surface area contributed by atoms with Crippen molar-refractivity contribution in [2.75, 3.05) is 6.54 Å². The number of aliphatic carboxylic acids is 1. The summed E-state index contributed by atoms with van der Waals surface area (Å²) in [5.74, 6) is -1.68. The summed E-state index contributed by atoms with van der Waals surface area (Å²) in [5.41, 5.74) is 1.74. The second-order valence-electron chi connectivity index (χ2n) is 10.4. The monoisotopic (exact) mass is 484 g/mol. The Morgan fingerprint density at radius 3 is 2.51 bits per heavy atom. The normalized spacial score (nSPS) is 24.6. The van der Waals surface area contributed by atoms with Crippen molar-refractivity contribution in [3.8, 4) is 5.75 Å². The number of benzene rings is 2. The molecular weight excluding hydrogens is 451 g/mol. The van der Waals surface area contributed by atoms with E-state index in [1.807, 2.05) is 12.1 Å². The molecule has 1 heterocycles. The largest absolute Gasteiger partial charge is 0.485 e. The van der Waals surface area contributed by atoms with Gasteiger partial charge < -0.3 is 20.3 Å². The zero-order valence-corrected chi connectivity index (χ0v) is 20.1. The third-order valence-corrected chi connectivity index (χ3v) is 6.94. The van der Waals surface area contributed by atoms with E-state index in [0.717, 1.165) is 6.42 Å². The zero-order valence-electron chi connectivity index (χ0n) is 20.1. The van der Waals surface area contributed by atoms with Gasteiger partial charge in [-0.15, -0.1) is 0 Å². The molecular formula is C27H33FN2O5. The highest BCUT2D eigenvalue weighted by atomic mass is 19.1. The highest BCUT2D eigenvalue weighted by molar-refractivity contribution is 5.78. The molecule has 35 heavy (non-hydrogen) atoms. The van der Waals surface area contributed by atoms with Crippen molar-refractivity contribution in [2.45, 2.75) is 70.4 Å². The summed E-state index contributed by atoms with van der Waals surface area (Å²) in [6.07, 6.45) is -0.601. The highest BCUT2D eigenvalue weighted by Crippen LogP contribution is 2.34. The lowest BCUT2D eigenvalue weighted by Crippen LogP contribution is -2.54. The van der Waals surface area contributed by atoms with Crippen LogP contribution in [0.3, 0.4) is 0 Å². The molecule has 8 heteroatoms. The number of nitrogens with zero attached hydrogens (tertiary/aromatic N) is 1. The minimum atomic E-state index is -0.956. The summed E-state index contributed by atoms with van der Waals surface area (Å²) in [7, 11) is 0. The first kappa shape index (κ1) is 25.1. The van der Waals surface area contributed by atoms with Gasteiger partial charge in [-0.1, -0.05) is 50.2 Å². The molecule has 7 nitrogen and oxygen atoms in total. The maximum absolute atomic E-state index is 14.2. The first-order valence-corrected chi connectivity index (χ1v) is 12.0. The number of rotatable bonds is 8. The summed E-state index contributed by atoms with van der Waals surface area (Å²) < 4.78 is 20.1. The molecule has 1 amide bonds. The molecule has 4 rings (SSSR count). The van der Waals surface area contributed by atoms with Gasteiger partial charge in [-0.25, -0.2) is 4.39 Å². The molecule has 0 aromatic heterocycles. The number of carbonyl (C=O) groups is 2. The van der Waals surface area contributed by atoms with Crippen molar-refractivity contribution in [1.82, 2.24) is 10.2 Å². The Kier molecular flexibility index (Phi) is 7.42. The first-order valence-electron chi connectivity index (χ1n) is 12.0. The Labute approximate surface area is 204 Å². The van der Waals surface area contributed by atoms with Crippen LogP contribution in [-0.4, -0.2) is 57.8 Å². The van der Waals surface area contributed by atoms with Crippen LogP contribution in [-0.2, 0) is 22.6 Å². The number of para-hydroxylation sites is 1. The first-order chi connectivity index (χ1) is 16.6. The van der Waals surface area contributed by atoms with Gasteiger partial charge in [-0.05, 0) is 35.1 Å². The molecule has 0 saturated heterocycles. The number of aliphatic hydroxyl groups excluding tert-OH is 1. The molecule has 1 aliphatic heterocycles. The van der Waals surface area contributed by atoms with Gasteiger partial charge in [0.05, 0.1) is 18.5 Å². The molecule has 0 bridgehead atoms. The van der Waals surface area contributed by atoms with Crippen LogP contribution in [0, 0.1) is 11.2 Å². The summed E-state index contributed by atoms with van der Waals surface area (Å²) in [6.45, 7) is 4.82. The second kappa shape index (κ2) is 10.3. The van der Waals surface area contributed by atoms with Crippen LogP contribution in [0.2, 0.25) is 0 Å². The average Bonchev–Trinajstić information content (AvgIpc) is 3.07. The van der Waals surface area contributed by atoms with Crippen molar-refractivity contribution >= 4 is 11.9 Å². The molecule has 3 N–H and O–H groups in total. The molecule has 0 spiro atoms. The standard InChI is InChI=1S/C27H33FN2O5/c1-27(2,15-24(32)33)14-23(31)29-20-13-22(35-21-10-6-5-9-19(21)28)26(34)25(20)30-12-11-17-7-3-4-8-18(17)16-30/h3-10,20,22,25-26,34H,11-16H2,1-2H3,(H,29,31)(H,32,33)/t20-,22-,25+,26+/m1/s1. The number of hydrogen-bond donors (Lipinski definition) is 3. The van der Waals surface area contributed by atoms with Crippen LogP contribution in [0.15, 0.2) is 48.5 Å². The summed E-state index contributed by atoms with van der Waals surface area (Å²) in [5, 5.41) is 23.5. The Morgan fingerprint density at radius 2 is 1.80 bits per heavy atom. The number of fused-ring (bicyclic) bond motifs is 1. The number of nitrogens with one attached hydrogen (secondary N) is 1. The Morgan fingerprint density at radius 1 is 1.11 bits per heavy atom. The van der Waals surface area contributed by atoms with Crippen LogP contribution >= 0.6 is 0 Å². The quantitative estimate of drug-likeness (QED) is 0.533. The number of carbonyl (C=O) groups excluding carboxylic acids is 1. The predicted molar refractivity (Wildman–Crippen MR) is 128 cm³/mol. The number of ether oxygens (including phenoxy) is 1. The van der Waals surface area contributed by atoms with E-state index < -0.39 is 41.5 Å². The zero-order chi connectivity index (χ0) is 25.2. The fourth-order valence-corrected chi connectivity index (χ4v) is 5.36. The van der Waals surface area contributed by atoms with Crippen molar-refractivity contribution in [2.24, 2.45) is 5.41 Å². The van der Waals surface area contributed by atoms with E-state index >= 15 is 0 Å². The average molecular weight is 485 g/mol. The lowest BCUT2D eigenvalue weighted by Gasteiger charge is -2.38.